The van der Waals surface area contributed by atoms with Crippen LogP contribution in [0.3, 0.4) is 0 Å². The van der Waals surface area contributed by atoms with Crippen molar-refractivity contribution >= 4 is 11.6 Å². The van der Waals surface area contributed by atoms with Crippen LogP contribution in [0.4, 0.5) is 10.1 Å². The van der Waals surface area contributed by atoms with Crippen molar-refractivity contribution in [3.8, 4) is 5.75 Å². The molecule has 2 unspecified atom stereocenters. The lowest BCUT2D eigenvalue weighted by Crippen LogP contribution is -2.39. The largest absolute Gasteiger partial charge is 0.482 e. The van der Waals surface area contributed by atoms with Crippen molar-refractivity contribution in [3.63, 3.8) is 0 Å². The average Bonchev–Trinajstić information content (AvgIpc) is 2.93. The van der Waals surface area contributed by atoms with Crippen molar-refractivity contribution in [2.75, 3.05) is 6.61 Å². The number of nitro groups is 1. The van der Waals surface area contributed by atoms with Gasteiger partial charge in [0, 0.05) is 6.07 Å². The SMILES string of the molecule is NNC(=O)C1CCC(COc2c(F)cccc2[N+](=O)[O-])O1. The lowest BCUT2D eigenvalue weighted by atomic mass is 10.2. The highest BCUT2D eigenvalue weighted by atomic mass is 19.1. The molecule has 3 N–H and O–H groups in total. The highest BCUT2D eigenvalue weighted by molar-refractivity contribution is 5.80. The number of hydrogen-bond donors (Lipinski definition) is 2. The molecule has 2 rings (SSSR count). The maximum atomic E-state index is 13.6. The van der Waals surface area contributed by atoms with Crippen molar-refractivity contribution in [2.45, 2.75) is 25.0 Å². The Morgan fingerprint density at radius 2 is 2.33 bits per heavy atom. The van der Waals surface area contributed by atoms with Gasteiger partial charge in [0.05, 0.1) is 11.0 Å². The van der Waals surface area contributed by atoms with Gasteiger partial charge in [0.1, 0.15) is 12.7 Å². The van der Waals surface area contributed by atoms with Crippen molar-refractivity contribution in [1.82, 2.24) is 5.43 Å². The van der Waals surface area contributed by atoms with E-state index in [2.05, 4.69) is 0 Å². The van der Waals surface area contributed by atoms with Gasteiger partial charge < -0.3 is 9.47 Å². The third kappa shape index (κ3) is 3.44. The Kier molecular flexibility index (Phi) is 4.66. The molecule has 1 aromatic carbocycles. The first kappa shape index (κ1) is 15.1. The van der Waals surface area contributed by atoms with Crippen molar-refractivity contribution in [2.24, 2.45) is 5.84 Å². The van der Waals surface area contributed by atoms with E-state index in [0.717, 1.165) is 12.1 Å². The summed E-state index contributed by atoms with van der Waals surface area (Å²) in [4.78, 5) is 21.4. The molecule has 0 aliphatic carbocycles. The van der Waals surface area contributed by atoms with Crippen LogP contribution in [0.5, 0.6) is 5.75 Å². The minimum absolute atomic E-state index is 0.0872. The number of nitrogens with zero attached hydrogens (tertiary/aromatic N) is 1. The summed E-state index contributed by atoms with van der Waals surface area (Å²) in [7, 11) is 0. The third-order valence-electron chi connectivity index (χ3n) is 3.10. The molecule has 21 heavy (non-hydrogen) atoms. The number of nitrogens with one attached hydrogen (secondary N) is 1. The van der Waals surface area contributed by atoms with Crippen LogP contribution < -0.4 is 16.0 Å². The van der Waals surface area contributed by atoms with E-state index in [0.29, 0.717) is 12.8 Å². The van der Waals surface area contributed by atoms with Crippen molar-refractivity contribution < 1.29 is 23.6 Å². The van der Waals surface area contributed by atoms with E-state index in [9.17, 15) is 19.3 Å². The van der Waals surface area contributed by atoms with Gasteiger partial charge in [-0.2, -0.15) is 0 Å². The summed E-state index contributed by atoms with van der Waals surface area (Å²) in [6, 6.07) is 3.45. The van der Waals surface area contributed by atoms with E-state index in [1.807, 2.05) is 5.43 Å². The fourth-order valence-corrected chi connectivity index (χ4v) is 2.07. The van der Waals surface area contributed by atoms with E-state index in [-0.39, 0.29) is 6.61 Å². The first-order valence-electron chi connectivity index (χ1n) is 6.24. The summed E-state index contributed by atoms with van der Waals surface area (Å²) >= 11 is 0. The number of para-hydroxylation sites is 1. The minimum atomic E-state index is -0.821. The highest BCUT2D eigenvalue weighted by Crippen LogP contribution is 2.30. The third-order valence-corrected chi connectivity index (χ3v) is 3.10. The summed E-state index contributed by atoms with van der Waals surface area (Å²) < 4.78 is 24.1. The number of carbonyl (C=O) groups is 1. The minimum Gasteiger partial charge on any atom is -0.482 e. The molecular formula is C12H14FN3O5. The number of amides is 1. The van der Waals surface area contributed by atoms with E-state index < -0.39 is 40.3 Å². The predicted octanol–water partition coefficient (Wildman–Crippen LogP) is 0.650. The maximum Gasteiger partial charge on any atom is 0.314 e. The zero-order chi connectivity index (χ0) is 15.4. The number of halogens is 1. The van der Waals surface area contributed by atoms with Gasteiger partial charge >= 0.3 is 5.69 Å². The monoisotopic (exact) mass is 299 g/mol. The Bertz CT molecular complexity index is 554. The molecule has 1 amide bonds. The van der Waals surface area contributed by atoms with Crippen LogP contribution in [0.2, 0.25) is 0 Å². The van der Waals surface area contributed by atoms with Crippen LogP contribution in [0, 0.1) is 15.9 Å². The predicted molar refractivity (Wildman–Crippen MR) is 68.8 cm³/mol. The molecule has 0 aromatic heterocycles. The Hall–Kier alpha value is -2.26. The van der Waals surface area contributed by atoms with Gasteiger partial charge in [0.15, 0.2) is 5.82 Å². The molecule has 9 heteroatoms. The van der Waals surface area contributed by atoms with E-state index in [1.54, 1.807) is 0 Å². The van der Waals surface area contributed by atoms with Gasteiger partial charge in [-0.25, -0.2) is 10.2 Å². The summed E-state index contributed by atoms with van der Waals surface area (Å²) in [5.74, 6) is 3.30. The quantitative estimate of drug-likeness (QED) is 0.357. The zero-order valence-corrected chi connectivity index (χ0v) is 11.0. The normalized spacial score (nSPS) is 21.0. The van der Waals surface area contributed by atoms with Gasteiger partial charge in [-0.3, -0.25) is 20.3 Å². The van der Waals surface area contributed by atoms with Gasteiger partial charge in [0.2, 0.25) is 5.75 Å². The Morgan fingerprint density at radius 1 is 1.57 bits per heavy atom. The van der Waals surface area contributed by atoms with E-state index in [1.165, 1.54) is 6.07 Å². The van der Waals surface area contributed by atoms with Crippen molar-refractivity contribution in [1.29, 1.82) is 0 Å². The summed E-state index contributed by atoms with van der Waals surface area (Å²) in [5.41, 5.74) is 1.53. The van der Waals surface area contributed by atoms with Gasteiger partial charge in [-0.15, -0.1) is 0 Å². The van der Waals surface area contributed by atoms with Gasteiger partial charge in [-0.1, -0.05) is 6.07 Å². The second-order valence-electron chi connectivity index (χ2n) is 4.49. The van der Waals surface area contributed by atoms with Crippen LogP contribution in [0.25, 0.3) is 0 Å². The van der Waals surface area contributed by atoms with Gasteiger partial charge in [-0.05, 0) is 18.9 Å². The topological polar surface area (TPSA) is 117 Å². The molecule has 1 aliphatic heterocycles. The van der Waals surface area contributed by atoms with Crippen molar-refractivity contribution in [3.05, 3.63) is 34.1 Å². The van der Waals surface area contributed by atoms with Crippen LogP contribution in [0.1, 0.15) is 12.8 Å². The molecule has 1 fully saturated rings. The molecular weight excluding hydrogens is 285 g/mol. The molecule has 1 saturated heterocycles. The molecule has 114 valence electrons. The second kappa shape index (κ2) is 6.46. The number of nitrogens with two attached hydrogens (primary N) is 1. The standard InChI is InChI=1S/C12H14FN3O5/c13-8-2-1-3-9(16(18)19)11(8)20-6-7-4-5-10(21-7)12(17)15-14/h1-3,7,10H,4-6,14H2,(H,15,17). The zero-order valence-electron chi connectivity index (χ0n) is 11.0. The number of hydrazine groups is 1. The fourth-order valence-electron chi connectivity index (χ4n) is 2.07. The molecule has 0 saturated carbocycles. The molecule has 1 aromatic rings. The Morgan fingerprint density at radius 3 is 3.00 bits per heavy atom. The Balaban J connectivity index is 1.98. The maximum absolute atomic E-state index is 13.6. The summed E-state index contributed by atoms with van der Waals surface area (Å²) in [6.45, 7) is -0.0872. The van der Waals surface area contributed by atoms with Crippen LogP contribution >= 0.6 is 0 Å². The Labute approximate surface area is 119 Å². The summed E-state index contributed by atoms with van der Waals surface area (Å²) in [6.07, 6.45) is -0.165. The summed E-state index contributed by atoms with van der Waals surface area (Å²) in [5, 5.41) is 10.8. The van der Waals surface area contributed by atoms with Crippen LogP contribution in [0.15, 0.2) is 18.2 Å². The second-order valence-corrected chi connectivity index (χ2v) is 4.49. The molecule has 1 heterocycles. The van der Waals surface area contributed by atoms with Crippen LogP contribution in [-0.4, -0.2) is 29.6 Å². The number of benzene rings is 1. The lowest BCUT2D eigenvalue weighted by Gasteiger charge is -2.14. The molecule has 1 aliphatic rings. The smallest absolute Gasteiger partial charge is 0.314 e. The average molecular weight is 299 g/mol. The molecule has 2 atom stereocenters. The van der Waals surface area contributed by atoms with Crippen LogP contribution in [-0.2, 0) is 9.53 Å². The number of carbonyl (C=O) groups excluding carboxylic acids is 1. The fraction of sp³-hybridized carbons (Fsp3) is 0.417. The molecule has 0 bridgehead atoms. The number of ether oxygens (including phenoxy) is 2. The van der Waals surface area contributed by atoms with E-state index >= 15 is 0 Å². The molecule has 8 nitrogen and oxygen atoms in total. The highest BCUT2D eigenvalue weighted by Gasteiger charge is 2.31. The first-order chi connectivity index (χ1) is 10.0. The first-order valence-corrected chi connectivity index (χ1v) is 6.24. The number of nitro benzene ring substituents is 1. The van der Waals surface area contributed by atoms with Gasteiger partial charge in [0.25, 0.3) is 5.91 Å². The molecule has 0 spiro atoms. The molecule has 0 radical (unpaired) electrons. The number of rotatable bonds is 5. The van der Waals surface area contributed by atoms with E-state index in [4.69, 9.17) is 15.3 Å². The lowest BCUT2D eigenvalue weighted by molar-refractivity contribution is -0.386. The number of hydrogen-bond acceptors (Lipinski definition) is 6.